The van der Waals surface area contributed by atoms with E-state index in [1.54, 1.807) is 6.20 Å². The van der Waals surface area contributed by atoms with Crippen molar-refractivity contribution in [1.82, 2.24) is 10.3 Å². The van der Waals surface area contributed by atoms with E-state index in [2.05, 4.69) is 28.5 Å². The molecule has 2 rings (SSSR count). The molecule has 0 saturated heterocycles. The van der Waals surface area contributed by atoms with Crippen molar-refractivity contribution < 1.29 is 9.90 Å². The van der Waals surface area contributed by atoms with Crippen LogP contribution in [-0.2, 0) is 4.79 Å². The van der Waals surface area contributed by atoms with Gasteiger partial charge in [0.25, 0.3) is 0 Å². The number of pyridine rings is 1. The number of carboxylic acid groups (broad SMARTS) is 1. The second-order valence-electron chi connectivity index (χ2n) is 5.14. The second kappa shape index (κ2) is 6.99. The van der Waals surface area contributed by atoms with E-state index in [9.17, 15) is 4.79 Å². The Kier molecular flexibility index (Phi) is 5.06. The minimum absolute atomic E-state index is 0.117. The number of carboxylic acids is 1. The van der Waals surface area contributed by atoms with Crippen LogP contribution in [0.5, 0.6) is 0 Å². The standard InChI is InChI=1S/C17H20N2O2/c1-12-11-18-8-6-16(12)15-5-3-4-14(10-15)13(2)19-9-7-17(20)21/h3-6,8,10-11,13,19H,7,9H2,1-2H3,(H,20,21). The number of aromatic nitrogens is 1. The van der Waals surface area contributed by atoms with Gasteiger partial charge < -0.3 is 10.4 Å². The Morgan fingerprint density at radius 2 is 2.19 bits per heavy atom. The first-order valence-corrected chi connectivity index (χ1v) is 7.04. The minimum Gasteiger partial charge on any atom is -0.481 e. The molecular formula is C17H20N2O2. The number of hydrogen-bond donors (Lipinski definition) is 2. The largest absolute Gasteiger partial charge is 0.481 e. The van der Waals surface area contributed by atoms with Crippen LogP contribution in [0, 0.1) is 6.92 Å². The van der Waals surface area contributed by atoms with E-state index >= 15 is 0 Å². The summed E-state index contributed by atoms with van der Waals surface area (Å²) in [7, 11) is 0. The highest BCUT2D eigenvalue weighted by Crippen LogP contribution is 2.25. The zero-order chi connectivity index (χ0) is 15.2. The Balaban J connectivity index is 2.14. The summed E-state index contributed by atoms with van der Waals surface area (Å²) < 4.78 is 0. The van der Waals surface area contributed by atoms with Crippen molar-refractivity contribution in [3.8, 4) is 11.1 Å². The maximum absolute atomic E-state index is 10.5. The van der Waals surface area contributed by atoms with Crippen LogP contribution in [0.25, 0.3) is 11.1 Å². The van der Waals surface area contributed by atoms with Crippen LogP contribution in [0.3, 0.4) is 0 Å². The molecule has 0 aliphatic heterocycles. The van der Waals surface area contributed by atoms with Crippen molar-refractivity contribution in [1.29, 1.82) is 0 Å². The van der Waals surface area contributed by atoms with Crippen molar-refractivity contribution in [3.05, 3.63) is 53.9 Å². The van der Waals surface area contributed by atoms with Crippen LogP contribution < -0.4 is 5.32 Å². The van der Waals surface area contributed by atoms with Gasteiger partial charge in [-0.25, -0.2) is 0 Å². The highest BCUT2D eigenvalue weighted by molar-refractivity contribution is 5.67. The van der Waals surface area contributed by atoms with Gasteiger partial charge in [0, 0.05) is 25.0 Å². The first-order chi connectivity index (χ1) is 10.1. The summed E-state index contributed by atoms with van der Waals surface area (Å²) >= 11 is 0. The smallest absolute Gasteiger partial charge is 0.304 e. The van der Waals surface area contributed by atoms with E-state index in [-0.39, 0.29) is 12.5 Å². The molecule has 1 aromatic heterocycles. The monoisotopic (exact) mass is 284 g/mol. The van der Waals surface area contributed by atoms with Gasteiger partial charge in [0.05, 0.1) is 6.42 Å². The molecule has 0 aliphatic rings. The fraction of sp³-hybridized carbons (Fsp3) is 0.294. The third kappa shape index (κ3) is 4.13. The van der Waals surface area contributed by atoms with Crippen LogP contribution in [0.2, 0.25) is 0 Å². The summed E-state index contributed by atoms with van der Waals surface area (Å²) in [5, 5.41) is 11.9. The molecule has 1 unspecified atom stereocenters. The molecule has 0 spiro atoms. The molecule has 1 aromatic carbocycles. The van der Waals surface area contributed by atoms with Gasteiger partial charge in [-0.15, -0.1) is 0 Å². The van der Waals surface area contributed by atoms with Crippen LogP contribution in [0.4, 0.5) is 0 Å². The topological polar surface area (TPSA) is 62.2 Å². The molecule has 1 atom stereocenters. The van der Waals surface area contributed by atoms with E-state index < -0.39 is 5.97 Å². The van der Waals surface area contributed by atoms with E-state index in [0.717, 1.165) is 16.7 Å². The molecule has 4 heteroatoms. The van der Waals surface area contributed by atoms with Gasteiger partial charge in [0.15, 0.2) is 0 Å². The summed E-state index contributed by atoms with van der Waals surface area (Å²) in [6.07, 6.45) is 3.79. The Morgan fingerprint density at radius 3 is 2.90 bits per heavy atom. The maximum atomic E-state index is 10.5. The zero-order valence-corrected chi connectivity index (χ0v) is 12.3. The van der Waals surface area contributed by atoms with Crippen LogP contribution in [0.15, 0.2) is 42.7 Å². The van der Waals surface area contributed by atoms with Crippen molar-refractivity contribution in [3.63, 3.8) is 0 Å². The third-order valence-corrected chi connectivity index (χ3v) is 3.51. The summed E-state index contributed by atoms with van der Waals surface area (Å²) in [5.41, 5.74) is 4.61. The fourth-order valence-corrected chi connectivity index (χ4v) is 2.29. The predicted octanol–water partition coefficient (Wildman–Crippen LogP) is 3.18. The molecule has 2 N–H and O–H groups in total. The third-order valence-electron chi connectivity index (χ3n) is 3.51. The van der Waals surface area contributed by atoms with Gasteiger partial charge >= 0.3 is 5.97 Å². The molecule has 0 fully saturated rings. The quantitative estimate of drug-likeness (QED) is 0.855. The van der Waals surface area contributed by atoms with Gasteiger partial charge in [-0.05, 0) is 48.2 Å². The number of hydrogen-bond acceptors (Lipinski definition) is 3. The van der Waals surface area contributed by atoms with Gasteiger partial charge in [0.1, 0.15) is 0 Å². The molecule has 2 aromatic rings. The SMILES string of the molecule is Cc1cnccc1-c1cccc(C(C)NCCC(=O)O)c1. The Labute approximate surface area is 124 Å². The molecule has 4 nitrogen and oxygen atoms in total. The van der Waals surface area contributed by atoms with Gasteiger partial charge in [-0.1, -0.05) is 18.2 Å². The van der Waals surface area contributed by atoms with Crippen molar-refractivity contribution in [2.75, 3.05) is 6.54 Å². The Bertz CT molecular complexity index is 626. The number of carbonyl (C=O) groups is 1. The predicted molar refractivity (Wildman–Crippen MR) is 83.1 cm³/mol. The average Bonchev–Trinajstić information content (AvgIpc) is 2.47. The average molecular weight is 284 g/mol. The zero-order valence-electron chi connectivity index (χ0n) is 12.3. The van der Waals surface area contributed by atoms with Crippen LogP contribution in [0.1, 0.15) is 30.5 Å². The van der Waals surface area contributed by atoms with Crippen molar-refractivity contribution >= 4 is 5.97 Å². The molecule has 0 bridgehead atoms. The van der Waals surface area contributed by atoms with Gasteiger partial charge in [0.2, 0.25) is 0 Å². The van der Waals surface area contributed by atoms with Crippen molar-refractivity contribution in [2.24, 2.45) is 0 Å². The molecular weight excluding hydrogens is 264 g/mol. The lowest BCUT2D eigenvalue weighted by molar-refractivity contribution is -0.136. The van der Waals surface area contributed by atoms with Crippen molar-refractivity contribution in [2.45, 2.75) is 26.3 Å². The molecule has 1 heterocycles. The number of nitrogens with zero attached hydrogens (tertiary/aromatic N) is 1. The summed E-state index contributed by atoms with van der Waals surface area (Å²) in [5.74, 6) is -0.782. The fourth-order valence-electron chi connectivity index (χ4n) is 2.29. The summed E-state index contributed by atoms with van der Waals surface area (Å²) in [4.78, 5) is 14.7. The first kappa shape index (κ1) is 15.2. The molecule has 0 aliphatic carbocycles. The summed E-state index contributed by atoms with van der Waals surface area (Å²) in [6.45, 7) is 4.55. The molecule has 0 saturated carbocycles. The lowest BCUT2D eigenvalue weighted by Crippen LogP contribution is -2.21. The molecule has 110 valence electrons. The van der Waals surface area contributed by atoms with E-state index in [0.29, 0.717) is 6.54 Å². The lowest BCUT2D eigenvalue weighted by Gasteiger charge is -2.15. The van der Waals surface area contributed by atoms with Gasteiger partial charge in [-0.3, -0.25) is 9.78 Å². The molecule has 0 radical (unpaired) electrons. The second-order valence-corrected chi connectivity index (χ2v) is 5.14. The number of nitrogens with one attached hydrogen (secondary N) is 1. The highest BCUT2D eigenvalue weighted by Gasteiger charge is 2.08. The minimum atomic E-state index is -0.782. The normalized spacial score (nSPS) is 12.1. The maximum Gasteiger partial charge on any atom is 0.304 e. The Morgan fingerprint density at radius 1 is 1.38 bits per heavy atom. The van der Waals surface area contributed by atoms with Crippen LogP contribution in [-0.4, -0.2) is 22.6 Å². The summed E-state index contributed by atoms with van der Waals surface area (Å²) in [6, 6.07) is 10.4. The van der Waals surface area contributed by atoms with E-state index in [4.69, 9.17) is 5.11 Å². The first-order valence-electron chi connectivity index (χ1n) is 7.04. The van der Waals surface area contributed by atoms with Crippen LogP contribution >= 0.6 is 0 Å². The molecule has 21 heavy (non-hydrogen) atoms. The van der Waals surface area contributed by atoms with E-state index in [1.165, 1.54) is 5.56 Å². The van der Waals surface area contributed by atoms with E-state index in [1.807, 2.05) is 32.2 Å². The number of aryl methyl sites for hydroxylation is 1. The number of rotatable bonds is 6. The lowest BCUT2D eigenvalue weighted by atomic mass is 9.98. The number of aliphatic carboxylic acids is 1. The highest BCUT2D eigenvalue weighted by atomic mass is 16.4. The molecule has 0 amide bonds. The number of benzene rings is 1. The van der Waals surface area contributed by atoms with Gasteiger partial charge in [-0.2, -0.15) is 0 Å². The Hall–Kier alpha value is -2.20.